The van der Waals surface area contributed by atoms with Gasteiger partial charge in [0.25, 0.3) is 5.91 Å². The van der Waals surface area contributed by atoms with Crippen molar-refractivity contribution in [3.05, 3.63) is 35.9 Å². The van der Waals surface area contributed by atoms with Gasteiger partial charge < -0.3 is 14.4 Å². The van der Waals surface area contributed by atoms with E-state index in [0.29, 0.717) is 13.2 Å². The first-order valence-corrected chi connectivity index (χ1v) is 6.24. The number of hydrogen-bond acceptors (Lipinski definition) is 3. The molecule has 0 radical (unpaired) electrons. The molecule has 2 aliphatic heterocycles. The van der Waals surface area contributed by atoms with Crippen molar-refractivity contribution < 1.29 is 14.3 Å². The molecule has 0 saturated carbocycles. The summed E-state index contributed by atoms with van der Waals surface area (Å²) in [6, 6.07) is 9.64. The van der Waals surface area contributed by atoms with Gasteiger partial charge in [0, 0.05) is 13.7 Å². The maximum atomic E-state index is 12.5. The highest BCUT2D eigenvalue weighted by atomic mass is 16.5. The molecule has 1 aromatic rings. The summed E-state index contributed by atoms with van der Waals surface area (Å²) < 4.78 is 10.6. The minimum absolute atomic E-state index is 0.0252. The quantitative estimate of drug-likeness (QED) is 0.810. The standard InChI is InChI=1S/C14H17NO3/c1-17-12(11-5-3-2-4-6-11)13(16)15-8-7-14(15)9-18-10-14/h2-6,12H,7-10H2,1H3/t12-/m1/s1. The zero-order valence-electron chi connectivity index (χ0n) is 10.5. The third kappa shape index (κ3) is 1.64. The van der Waals surface area contributed by atoms with Crippen LogP contribution >= 0.6 is 0 Å². The molecule has 4 heteroatoms. The lowest BCUT2D eigenvalue weighted by Gasteiger charge is -2.58. The summed E-state index contributed by atoms with van der Waals surface area (Å²) >= 11 is 0. The number of rotatable bonds is 3. The molecule has 18 heavy (non-hydrogen) atoms. The molecule has 0 bridgehead atoms. The summed E-state index contributed by atoms with van der Waals surface area (Å²) in [5, 5.41) is 0. The topological polar surface area (TPSA) is 38.8 Å². The Morgan fingerprint density at radius 3 is 2.56 bits per heavy atom. The number of amides is 1. The predicted octanol–water partition coefficient (Wildman–Crippen LogP) is 1.38. The molecule has 1 spiro atoms. The summed E-state index contributed by atoms with van der Waals surface area (Å²) in [7, 11) is 1.58. The second kappa shape index (κ2) is 4.37. The van der Waals surface area contributed by atoms with Gasteiger partial charge in [-0.25, -0.2) is 0 Å². The van der Waals surface area contributed by atoms with Crippen LogP contribution in [0.5, 0.6) is 0 Å². The van der Waals surface area contributed by atoms with E-state index in [-0.39, 0.29) is 11.4 Å². The minimum Gasteiger partial charge on any atom is -0.376 e. The summed E-state index contributed by atoms with van der Waals surface area (Å²) in [6.07, 6.45) is 0.549. The zero-order chi connectivity index (χ0) is 12.6. The maximum Gasteiger partial charge on any atom is 0.256 e. The van der Waals surface area contributed by atoms with Gasteiger partial charge in [-0.3, -0.25) is 4.79 Å². The maximum absolute atomic E-state index is 12.5. The van der Waals surface area contributed by atoms with E-state index in [0.717, 1.165) is 18.5 Å². The Morgan fingerprint density at radius 2 is 2.11 bits per heavy atom. The van der Waals surface area contributed by atoms with E-state index in [1.807, 2.05) is 35.2 Å². The minimum atomic E-state index is -0.496. The zero-order valence-corrected chi connectivity index (χ0v) is 10.5. The Kier molecular flexibility index (Phi) is 2.84. The van der Waals surface area contributed by atoms with Crippen molar-refractivity contribution in [1.82, 2.24) is 4.90 Å². The van der Waals surface area contributed by atoms with Gasteiger partial charge in [0.2, 0.25) is 0 Å². The summed E-state index contributed by atoms with van der Waals surface area (Å²) in [4.78, 5) is 14.4. The number of likely N-dealkylation sites (tertiary alicyclic amines) is 1. The van der Waals surface area contributed by atoms with Crippen LogP contribution in [-0.4, -0.2) is 43.2 Å². The molecular formula is C14H17NO3. The Bertz CT molecular complexity index is 436. The van der Waals surface area contributed by atoms with Crippen LogP contribution in [-0.2, 0) is 14.3 Å². The van der Waals surface area contributed by atoms with Crippen molar-refractivity contribution in [2.75, 3.05) is 26.9 Å². The van der Waals surface area contributed by atoms with Crippen LogP contribution in [0.3, 0.4) is 0 Å². The van der Waals surface area contributed by atoms with Crippen molar-refractivity contribution in [3.8, 4) is 0 Å². The van der Waals surface area contributed by atoms with Crippen LogP contribution in [0.2, 0.25) is 0 Å². The van der Waals surface area contributed by atoms with E-state index >= 15 is 0 Å². The van der Waals surface area contributed by atoms with Gasteiger partial charge >= 0.3 is 0 Å². The van der Waals surface area contributed by atoms with Gasteiger partial charge in [-0.05, 0) is 12.0 Å². The van der Waals surface area contributed by atoms with Crippen molar-refractivity contribution in [2.24, 2.45) is 0 Å². The number of hydrogen-bond donors (Lipinski definition) is 0. The highest BCUT2D eigenvalue weighted by Gasteiger charge is 2.54. The lowest BCUT2D eigenvalue weighted by atomic mass is 9.82. The van der Waals surface area contributed by atoms with Gasteiger partial charge in [0.05, 0.1) is 18.8 Å². The normalized spacial score (nSPS) is 22.2. The van der Waals surface area contributed by atoms with Gasteiger partial charge in [-0.15, -0.1) is 0 Å². The molecule has 2 aliphatic rings. The van der Waals surface area contributed by atoms with Crippen molar-refractivity contribution in [1.29, 1.82) is 0 Å². The molecule has 1 atom stereocenters. The van der Waals surface area contributed by atoms with Gasteiger partial charge in [0.1, 0.15) is 0 Å². The highest BCUT2D eigenvalue weighted by molar-refractivity contribution is 5.84. The third-order valence-corrected chi connectivity index (χ3v) is 3.94. The second-order valence-corrected chi connectivity index (χ2v) is 4.98. The monoisotopic (exact) mass is 247 g/mol. The lowest BCUT2D eigenvalue weighted by Crippen LogP contribution is -2.72. The SMILES string of the molecule is CO[C@@H](C(=O)N1CCC12COC2)c1ccccc1. The largest absolute Gasteiger partial charge is 0.376 e. The molecule has 4 nitrogen and oxygen atoms in total. The fourth-order valence-corrected chi connectivity index (χ4v) is 2.67. The van der Waals surface area contributed by atoms with Gasteiger partial charge in [-0.2, -0.15) is 0 Å². The van der Waals surface area contributed by atoms with Crippen molar-refractivity contribution in [3.63, 3.8) is 0 Å². The molecule has 2 saturated heterocycles. The molecule has 0 aromatic heterocycles. The highest BCUT2D eigenvalue weighted by Crippen LogP contribution is 2.39. The number of methoxy groups -OCH3 is 1. The second-order valence-electron chi connectivity index (χ2n) is 4.98. The van der Waals surface area contributed by atoms with E-state index in [9.17, 15) is 4.79 Å². The smallest absolute Gasteiger partial charge is 0.256 e. The first-order valence-electron chi connectivity index (χ1n) is 6.24. The van der Waals surface area contributed by atoms with E-state index in [1.54, 1.807) is 7.11 Å². The molecule has 96 valence electrons. The van der Waals surface area contributed by atoms with Crippen LogP contribution in [0, 0.1) is 0 Å². The summed E-state index contributed by atoms with van der Waals surface area (Å²) in [6.45, 7) is 2.16. The molecule has 2 fully saturated rings. The van der Waals surface area contributed by atoms with E-state index in [4.69, 9.17) is 9.47 Å². The molecule has 1 aromatic carbocycles. The average molecular weight is 247 g/mol. The van der Waals surface area contributed by atoms with Crippen LogP contribution in [0.4, 0.5) is 0 Å². The van der Waals surface area contributed by atoms with Gasteiger partial charge in [-0.1, -0.05) is 30.3 Å². The van der Waals surface area contributed by atoms with Crippen LogP contribution < -0.4 is 0 Å². The van der Waals surface area contributed by atoms with Crippen LogP contribution in [0.25, 0.3) is 0 Å². The Balaban J connectivity index is 1.78. The van der Waals surface area contributed by atoms with Crippen molar-refractivity contribution in [2.45, 2.75) is 18.1 Å². The average Bonchev–Trinajstić information content (AvgIpc) is 2.28. The summed E-state index contributed by atoms with van der Waals surface area (Å²) in [5.41, 5.74) is 0.884. The number of carbonyl (C=O) groups is 1. The third-order valence-electron chi connectivity index (χ3n) is 3.94. The molecule has 2 heterocycles. The number of benzene rings is 1. The number of carbonyl (C=O) groups excluding carboxylic acids is 1. The van der Waals surface area contributed by atoms with E-state index in [1.165, 1.54) is 0 Å². The van der Waals surface area contributed by atoms with Crippen LogP contribution in [0.1, 0.15) is 18.1 Å². The fraction of sp³-hybridized carbons (Fsp3) is 0.500. The fourth-order valence-electron chi connectivity index (χ4n) is 2.67. The predicted molar refractivity (Wildman–Crippen MR) is 66.1 cm³/mol. The van der Waals surface area contributed by atoms with Gasteiger partial charge in [0.15, 0.2) is 6.10 Å². The molecule has 0 N–H and O–H groups in total. The summed E-state index contributed by atoms with van der Waals surface area (Å²) in [5.74, 6) is 0.0539. The first kappa shape index (κ1) is 11.7. The first-order chi connectivity index (χ1) is 8.77. The molecule has 1 amide bonds. The molecule has 3 rings (SSSR count). The Morgan fingerprint density at radius 1 is 1.39 bits per heavy atom. The molecule has 0 unspecified atom stereocenters. The van der Waals surface area contributed by atoms with Crippen molar-refractivity contribution >= 4 is 5.91 Å². The lowest BCUT2D eigenvalue weighted by molar-refractivity contribution is -0.206. The molecule has 0 aliphatic carbocycles. The Labute approximate surface area is 106 Å². The Hall–Kier alpha value is -1.39. The number of ether oxygens (including phenoxy) is 2. The van der Waals surface area contributed by atoms with Crippen LogP contribution in [0.15, 0.2) is 30.3 Å². The van der Waals surface area contributed by atoms with E-state index < -0.39 is 6.10 Å². The molecular weight excluding hydrogens is 230 g/mol. The number of nitrogens with zero attached hydrogens (tertiary/aromatic N) is 1. The van der Waals surface area contributed by atoms with E-state index in [2.05, 4.69) is 0 Å².